The van der Waals surface area contributed by atoms with Gasteiger partial charge < -0.3 is 10.6 Å². The second-order valence-electron chi connectivity index (χ2n) is 4.33. The zero-order valence-electron chi connectivity index (χ0n) is 10.3. The SMILES string of the molecule is Cc1ccc(C(=O)N2CCC(CN)C2)cn1.Cl.Cl. The number of nitrogens with two attached hydrogens (primary N) is 1. The third-order valence-electron chi connectivity index (χ3n) is 3.06. The largest absolute Gasteiger partial charge is 0.338 e. The average molecular weight is 292 g/mol. The van der Waals surface area contributed by atoms with Crippen molar-refractivity contribution < 1.29 is 4.79 Å². The number of nitrogens with zero attached hydrogens (tertiary/aromatic N) is 2. The van der Waals surface area contributed by atoms with Crippen LogP contribution >= 0.6 is 24.8 Å². The van der Waals surface area contributed by atoms with Crippen molar-refractivity contribution in [1.82, 2.24) is 9.88 Å². The van der Waals surface area contributed by atoms with Crippen LogP contribution in [0.2, 0.25) is 0 Å². The smallest absolute Gasteiger partial charge is 0.255 e. The Kier molecular flexibility index (Phi) is 7.21. The first-order valence-electron chi connectivity index (χ1n) is 5.62. The van der Waals surface area contributed by atoms with E-state index < -0.39 is 0 Å². The number of hydrogen-bond acceptors (Lipinski definition) is 3. The molecule has 1 aliphatic rings. The number of pyridine rings is 1. The molecule has 0 radical (unpaired) electrons. The van der Waals surface area contributed by atoms with Crippen LogP contribution in [0.1, 0.15) is 22.5 Å². The summed E-state index contributed by atoms with van der Waals surface area (Å²) in [5.41, 5.74) is 7.20. The van der Waals surface area contributed by atoms with E-state index in [1.165, 1.54) is 0 Å². The lowest BCUT2D eigenvalue weighted by Crippen LogP contribution is -2.29. The molecule has 1 aromatic rings. The van der Waals surface area contributed by atoms with Crippen LogP contribution in [0.3, 0.4) is 0 Å². The summed E-state index contributed by atoms with van der Waals surface area (Å²) in [7, 11) is 0. The molecule has 1 atom stereocenters. The number of amides is 1. The average Bonchev–Trinajstić information content (AvgIpc) is 2.77. The van der Waals surface area contributed by atoms with Gasteiger partial charge in [0, 0.05) is 25.0 Å². The van der Waals surface area contributed by atoms with Crippen molar-refractivity contribution in [3.05, 3.63) is 29.6 Å². The minimum atomic E-state index is 0. The van der Waals surface area contributed by atoms with E-state index in [9.17, 15) is 4.79 Å². The minimum Gasteiger partial charge on any atom is -0.338 e. The minimum absolute atomic E-state index is 0. The molecule has 0 aliphatic carbocycles. The molecule has 2 heterocycles. The number of carbonyl (C=O) groups is 1. The molecular weight excluding hydrogens is 273 g/mol. The van der Waals surface area contributed by atoms with Crippen LogP contribution in [0.25, 0.3) is 0 Å². The van der Waals surface area contributed by atoms with E-state index in [1.807, 2.05) is 24.0 Å². The van der Waals surface area contributed by atoms with Crippen molar-refractivity contribution in [3.63, 3.8) is 0 Å². The second kappa shape index (κ2) is 7.56. The van der Waals surface area contributed by atoms with E-state index in [1.54, 1.807) is 6.20 Å². The highest BCUT2D eigenvalue weighted by Crippen LogP contribution is 2.17. The highest BCUT2D eigenvalue weighted by Gasteiger charge is 2.25. The summed E-state index contributed by atoms with van der Waals surface area (Å²) in [4.78, 5) is 18.1. The molecule has 0 saturated carbocycles. The molecule has 0 spiro atoms. The number of halogens is 2. The molecule has 6 heteroatoms. The fourth-order valence-electron chi connectivity index (χ4n) is 1.99. The van der Waals surface area contributed by atoms with E-state index in [4.69, 9.17) is 5.73 Å². The molecule has 0 bridgehead atoms. The topological polar surface area (TPSA) is 59.2 Å². The zero-order chi connectivity index (χ0) is 11.5. The first-order chi connectivity index (χ1) is 7.70. The number of hydrogen-bond donors (Lipinski definition) is 1. The van der Waals surface area contributed by atoms with Crippen molar-refractivity contribution in [1.29, 1.82) is 0 Å². The fraction of sp³-hybridized carbons (Fsp3) is 0.500. The third-order valence-corrected chi connectivity index (χ3v) is 3.06. The van der Waals surface area contributed by atoms with Gasteiger partial charge in [-0.15, -0.1) is 24.8 Å². The van der Waals surface area contributed by atoms with Gasteiger partial charge in [0.05, 0.1) is 5.56 Å². The molecule has 1 amide bonds. The monoisotopic (exact) mass is 291 g/mol. The number of carbonyl (C=O) groups excluding carboxylic acids is 1. The molecule has 1 unspecified atom stereocenters. The quantitative estimate of drug-likeness (QED) is 0.901. The molecule has 4 nitrogen and oxygen atoms in total. The maximum atomic E-state index is 12.1. The lowest BCUT2D eigenvalue weighted by Gasteiger charge is -2.16. The number of rotatable bonds is 2. The summed E-state index contributed by atoms with van der Waals surface area (Å²) >= 11 is 0. The molecule has 18 heavy (non-hydrogen) atoms. The molecule has 1 saturated heterocycles. The van der Waals surface area contributed by atoms with Gasteiger partial charge in [0.2, 0.25) is 0 Å². The van der Waals surface area contributed by atoms with Crippen LogP contribution in [0.4, 0.5) is 0 Å². The van der Waals surface area contributed by atoms with Crippen LogP contribution in [-0.4, -0.2) is 35.4 Å². The van der Waals surface area contributed by atoms with E-state index in [0.717, 1.165) is 25.2 Å². The summed E-state index contributed by atoms with van der Waals surface area (Å²) in [5.74, 6) is 0.533. The van der Waals surface area contributed by atoms with Gasteiger partial charge in [-0.3, -0.25) is 9.78 Å². The third kappa shape index (κ3) is 3.83. The van der Waals surface area contributed by atoms with Crippen molar-refractivity contribution in [3.8, 4) is 0 Å². The highest BCUT2D eigenvalue weighted by molar-refractivity contribution is 5.94. The van der Waals surface area contributed by atoms with Crippen molar-refractivity contribution in [2.45, 2.75) is 13.3 Å². The number of likely N-dealkylation sites (tertiary alicyclic amines) is 1. The molecule has 1 aliphatic heterocycles. The number of aryl methyl sites for hydroxylation is 1. The predicted molar refractivity (Wildman–Crippen MR) is 76.5 cm³/mol. The maximum absolute atomic E-state index is 12.1. The lowest BCUT2D eigenvalue weighted by atomic mass is 10.1. The highest BCUT2D eigenvalue weighted by atomic mass is 35.5. The first kappa shape index (κ1) is 17.2. The van der Waals surface area contributed by atoms with Crippen LogP contribution < -0.4 is 5.73 Å². The standard InChI is InChI=1S/C12H17N3O.2ClH/c1-9-2-3-11(7-14-9)12(16)15-5-4-10(6-13)8-15;;/h2-3,7,10H,4-6,8,13H2,1H3;2*1H. The van der Waals surface area contributed by atoms with Gasteiger partial charge in [-0.1, -0.05) is 0 Å². The Bertz CT molecular complexity index is 383. The Morgan fingerprint density at radius 1 is 1.50 bits per heavy atom. The van der Waals surface area contributed by atoms with Gasteiger partial charge in [0.1, 0.15) is 0 Å². The van der Waals surface area contributed by atoms with Gasteiger partial charge in [-0.25, -0.2) is 0 Å². The Balaban J connectivity index is 0.00000144. The van der Waals surface area contributed by atoms with Crippen molar-refractivity contribution in [2.75, 3.05) is 19.6 Å². The van der Waals surface area contributed by atoms with Crippen LogP contribution in [0.5, 0.6) is 0 Å². The van der Waals surface area contributed by atoms with Crippen LogP contribution in [0, 0.1) is 12.8 Å². The maximum Gasteiger partial charge on any atom is 0.255 e. The Labute approximate surface area is 120 Å². The second-order valence-corrected chi connectivity index (χ2v) is 4.33. The molecule has 0 aromatic carbocycles. The van der Waals surface area contributed by atoms with Crippen molar-refractivity contribution in [2.24, 2.45) is 11.7 Å². The predicted octanol–water partition coefficient (Wildman–Crippen LogP) is 1.65. The van der Waals surface area contributed by atoms with Gasteiger partial charge in [0.15, 0.2) is 0 Å². The van der Waals surface area contributed by atoms with Gasteiger partial charge in [-0.05, 0) is 37.9 Å². The summed E-state index contributed by atoms with van der Waals surface area (Å²) in [5, 5.41) is 0. The fourth-order valence-corrected chi connectivity index (χ4v) is 1.99. The zero-order valence-corrected chi connectivity index (χ0v) is 12.0. The Morgan fingerprint density at radius 2 is 2.22 bits per heavy atom. The van der Waals surface area contributed by atoms with E-state index in [0.29, 0.717) is 18.0 Å². The molecular formula is C12H19Cl2N3O. The van der Waals surface area contributed by atoms with Gasteiger partial charge in [0.25, 0.3) is 5.91 Å². The number of aromatic nitrogens is 1. The first-order valence-corrected chi connectivity index (χ1v) is 5.62. The van der Waals surface area contributed by atoms with Crippen molar-refractivity contribution >= 4 is 30.7 Å². The van der Waals surface area contributed by atoms with Gasteiger partial charge in [-0.2, -0.15) is 0 Å². The molecule has 2 rings (SSSR count). The van der Waals surface area contributed by atoms with E-state index in [2.05, 4.69) is 4.98 Å². The summed E-state index contributed by atoms with van der Waals surface area (Å²) in [6.07, 6.45) is 2.66. The Hall–Kier alpha value is -0.840. The normalized spacial score (nSPS) is 17.9. The van der Waals surface area contributed by atoms with Gasteiger partial charge >= 0.3 is 0 Å². The molecule has 1 aromatic heterocycles. The molecule has 102 valence electrons. The summed E-state index contributed by atoms with van der Waals surface area (Å²) < 4.78 is 0. The van der Waals surface area contributed by atoms with Crippen LogP contribution in [-0.2, 0) is 0 Å². The molecule has 1 fully saturated rings. The lowest BCUT2D eigenvalue weighted by molar-refractivity contribution is 0.0787. The summed E-state index contributed by atoms with van der Waals surface area (Å²) in [6.45, 7) is 4.17. The summed E-state index contributed by atoms with van der Waals surface area (Å²) in [6, 6.07) is 3.70. The Morgan fingerprint density at radius 3 is 2.72 bits per heavy atom. The van der Waals surface area contributed by atoms with E-state index >= 15 is 0 Å². The van der Waals surface area contributed by atoms with Crippen LogP contribution in [0.15, 0.2) is 18.3 Å². The van der Waals surface area contributed by atoms with E-state index in [-0.39, 0.29) is 30.7 Å². The molecule has 2 N–H and O–H groups in total.